The number of benzene rings is 1. The lowest BCUT2D eigenvalue weighted by Gasteiger charge is -2.08. The SMILES string of the molecule is Cc1nonc1C(=O)Nc1cnc(-c2ccccc2Cl)c(N)n1. The number of halogens is 1. The molecule has 3 aromatic rings. The van der Waals surface area contributed by atoms with Crippen LogP contribution < -0.4 is 11.1 Å². The number of amides is 1. The van der Waals surface area contributed by atoms with Gasteiger partial charge in [-0.1, -0.05) is 35.0 Å². The average molecular weight is 331 g/mol. The molecule has 0 radical (unpaired) electrons. The number of nitrogens with zero attached hydrogens (tertiary/aromatic N) is 4. The van der Waals surface area contributed by atoms with Crippen LogP contribution in [0.1, 0.15) is 16.2 Å². The van der Waals surface area contributed by atoms with Crippen molar-refractivity contribution < 1.29 is 9.42 Å². The molecular formula is C14H11ClN6O2. The molecule has 0 saturated heterocycles. The number of rotatable bonds is 3. The summed E-state index contributed by atoms with van der Waals surface area (Å²) in [6.45, 7) is 1.60. The Balaban J connectivity index is 1.87. The molecule has 1 amide bonds. The highest BCUT2D eigenvalue weighted by Gasteiger charge is 2.17. The van der Waals surface area contributed by atoms with Crippen molar-refractivity contribution in [3.05, 3.63) is 46.9 Å². The third kappa shape index (κ3) is 2.97. The Morgan fingerprint density at radius 1 is 1.30 bits per heavy atom. The van der Waals surface area contributed by atoms with Crippen molar-refractivity contribution in [3.8, 4) is 11.3 Å². The number of anilines is 2. The lowest BCUT2D eigenvalue weighted by Crippen LogP contribution is -2.15. The van der Waals surface area contributed by atoms with Crippen molar-refractivity contribution in [1.82, 2.24) is 20.3 Å². The first-order chi connectivity index (χ1) is 11.1. The van der Waals surface area contributed by atoms with Gasteiger partial charge in [0.05, 0.1) is 11.2 Å². The fraction of sp³-hybridized carbons (Fsp3) is 0.0714. The Kier molecular flexibility index (Phi) is 3.90. The molecule has 0 unspecified atom stereocenters. The Bertz CT molecular complexity index is 879. The number of carbonyl (C=O) groups excluding carboxylic acids is 1. The monoisotopic (exact) mass is 330 g/mol. The predicted octanol–water partition coefficient (Wildman–Crippen LogP) is 2.32. The Hall–Kier alpha value is -3.00. The molecule has 0 saturated carbocycles. The van der Waals surface area contributed by atoms with Gasteiger partial charge in [0.1, 0.15) is 11.4 Å². The minimum absolute atomic E-state index is 0.0700. The van der Waals surface area contributed by atoms with E-state index in [1.54, 1.807) is 25.1 Å². The molecule has 0 aliphatic carbocycles. The molecule has 1 aromatic carbocycles. The van der Waals surface area contributed by atoms with E-state index in [2.05, 4.69) is 30.2 Å². The molecule has 0 fully saturated rings. The number of hydrogen-bond acceptors (Lipinski definition) is 7. The van der Waals surface area contributed by atoms with Crippen molar-refractivity contribution in [2.45, 2.75) is 6.92 Å². The van der Waals surface area contributed by atoms with Gasteiger partial charge in [-0.25, -0.2) is 14.6 Å². The van der Waals surface area contributed by atoms with Crippen molar-refractivity contribution >= 4 is 29.1 Å². The van der Waals surface area contributed by atoms with Gasteiger partial charge in [0.15, 0.2) is 17.3 Å². The van der Waals surface area contributed by atoms with Crippen molar-refractivity contribution in [2.24, 2.45) is 0 Å². The highest BCUT2D eigenvalue weighted by atomic mass is 35.5. The number of hydrogen-bond donors (Lipinski definition) is 2. The maximum absolute atomic E-state index is 12.0. The highest BCUT2D eigenvalue weighted by Crippen LogP contribution is 2.29. The van der Waals surface area contributed by atoms with Crippen LogP contribution >= 0.6 is 11.6 Å². The summed E-state index contributed by atoms with van der Waals surface area (Å²) in [5.41, 5.74) is 7.46. The summed E-state index contributed by atoms with van der Waals surface area (Å²) in [5.74, 6) is -0.181. The molecule has 3 N–H and O–H groups in total. The molecule has 23 heavy (non-hydrogen) atoms. The van der Waals surface area contributed by atoms with Gasteiger partial charge < -0.3 is 11.1 Å². The van der Waals surface area contributed by atoms with Gasteiger partial charge >= 0.3 is 0 Å². The summed E-state index contributed by atoms with van der Waals surface area (Å²) >= 11 is 6.12. The van der Waals surface area contributed by atoms with Gasteiger partial charge in [-0.15, -0.1) is 0 Å². The molecule has 116 valence electrons. The van der Waals surface area contributed by atoms with Crippen LogP contribution in [0.25, 0.3) is 11.3 Å². The molecular weight excluding hydrogens is 320 g/mol. The first-order valence-electron chi connectivity index (χ1n) is 6.54. The molecule has 0 atom stereocenters. The van der Waals surface area contributed by atoms with E-state index in [0.717, 1.165) is 0 Å². The first-order valence-corrected chi connectivity index (χ1v) is 6.92. The second-order valence-electron chi connectivity index (χ2n) is 4.62. The van der Waals surface area contributed by atoms with Gasteiger partial charge in [0, 0.05) is 5.56 Å². The molecule has 2 aromatic heterocycles. The third-order valence-corrected chi connectivity index (χ3v) is 3.37. The Morgan fingerprint density at radius 3 is 2.74 bits per heavy atom. The molecule has 0 bridgehead atoms. The fourth-order valence-corrected chi connectivity index (χ4v) is 2.16. The summed E-state index contributed by atoms with van der Waals surface area (Å²) in [6, 6.07) is 7.14. The third-order valence-electron chi connectivity index (χ3n) is 3.04. The first kappa shape index (κ1) is 14.9. The van der Waals surface area contributed by atoms with Gasteiger partial charge in [-0.2, -0.15) is 0 Å². The second-order valence-corrected chi connectivity index (χ2v) is 5.03. The summed E-state index contributed by atoms with van der Waals surface area (Å²) in [6.07, 6.45) is 1.38. The highest BCUT2D eigenvalue weighted by molar-refractivity contribution is 6.33. The summed E-state index contributed by atoms with van der Waals surface area (Å²) < 4.78 is 4.48. The number of nitrogens with two attached hydrogens (primary N) is 1. The maximum Gasteiger partial charge on any atom is 0.281 e. The van der Waals surface area contributed by atoms with E-state index in [4.69, 9.17) is 17.3 Å². The standard InChI is InChI=1S/C14H11ClN6O2/c1-7-11(21-23-20-7)14(22)19-10-6-17-12(13(16)18-10)8-4-2-3-5-9(8)15/h2-6H,1H3,(H3,16,18,19,22). The van der Waals surface area contributed by atoms with Crippen LogP contribution in [0.3, 0.4) is 0 Å². The molecule has 0 aliphatic heterocycles. The van der Waals surface area contributed by atoms with Crippen LogP contribution in [-0.4, -0.2) is 26.2 Å². The number of nitrogens with one attached hydrogen (secondary N) is 1. The summed E-state index contributed by atoms with van der Waals surface area (Å²) in [4.78, 5) is 20.3. The smallest absolute Gasteiger partial charge is 0.281 e. The number of aromatic nitrogens is 4. The molecule has 0 spiro atoms. The second kappa shape index (κ2) is 6.01. The fourth-order valence-electron chi connectivity index (χ4n) is 1.94. The van der Waals surface area contributed by atoms with Crippen molar-refractivity contribution in [3.63, 3.8) is 0 Å². The number of aryl methyl sites for hydroxylation is 1. The van der Waals surface area contributed by atoms with E-state index in [1.165, 1.54) is 6.20 Å². The van der Waals surface area contributed by atoms with Crippen molar-refractivity contribution in [2.75, 3.05) is 11.1 Å². The molecule has 8 nitrogen and oxygen atoms in total. The summed E-state index contributed by atoms with van der Waals surface area (Å²) in [7, 11) is 0. The molecule has 0 aliphatic rings. The molecule has 9 heteroatoms. The maximum atomic E-state index is 12.0. The minimum Gasteiger partial charge on any atom is -0.382 e. The lowest BCUT2D eigenvalue weighted by molar-refractivity contribution is 0.101. The van der Waals surface area contributed by atoms with Crippen LogP contribution in [0, 0.1) is 6.92 Å². The van der Waals surface area contributed by atoms with Crippen LogP contribution in [0.2, 0.25) is 5.02 Å². The zero-order valence-corrected chi connectivity index (χ0v) is 12.7. The largest absolute Gasteiger partial charge is 0.382 e. The van der Waals surface area contributed by atoms with E-state index in [9.17, 15) is 4.79 Å². The number of carbonyl (C=O) groups is 1. The van der Waals surface area contributed by atoms with Crippen LogP contribution in [0.5, 0.6) is 0 Å². The van der Waals surface area contributed by atoms with Gasteiger partial charge in [0.2, 0.25) is 0 Å². The van der Waals surface area contributed by atoms with E-state index in [0.29, 0.717) is 22.0 Å². The number of nitrogen functional groups attached to an aromatic ring is 1. The quantitative estimate of drug-likeness (QED) is 0.756. The topological polar surface area (TPSA) is 120 Å². The molecule has 2 heterocycles. The van der Waals surface area contributed by atoms with Crippen LogP contribution in [0.15, 0.2) is 35.1 Å². The van der Waals surface area contributed by atoms with Crippen LogP contribution in [-0.2, 0) is 0 Å². The lowest BCUT2D eigenvalue weighted by atomic mass is 10.1. The normalized spacial score (nSPS) is 10.5. The molecule has 3 rings (SSSR count). The van der Waals surface area contributed by atoms with E-state index in [-0.39, 0.29) is 17.3 Å². The predicted molar refractivity (Wildman–Crippen MR) is 83.9 cm³/mol. The summed E-state index contributed by atoms with van der Waals surface area (Å²) in [5, 5.41) is 10.1. The van der Waals surface area contributed by atoms with E-state index >= 15 is 0 Å². The zero-order chi connectivity index (χ0) is 16.4. The minimum atomic E-state index is -0.511. The van der Waals surface area contributed by atoms with Gasteiger partial charge in [-0.05, 0) is 18.1 Å². The van der Waals surface area contributed by atoms with Gasteiger partial charge in [0.25, 0.3) is 5.91 Å². The van der Waals surface area contributed by atoms with Crippen LogP contribution in [0.4, 0.5) is 11.6 Å². The zero-order valence-electron chi connectivity index (χ0n) is 11.9. The van der Waals surface area contributed by atoms with E-state index in [1.807, 2.05) is 6.07 Å². The van der Waals surface area contributed by atoms with Crippen molar-refractivity contribution in [1.29, 1.82) is 0 Å². The Labute approximate surface area is 135 Å². The average Bonchev–Trinajstić information content (AvgIpc) is 2.95. The van der Waals surface area contributed by atoms with E-state index < -0.39 is 5.91 Å². The Morgan fingerprint density at radius 2 is 2.09 bits per heavy atom. The van der Waals surface area contributed by atoms with Gasteiger partial charge in [-0.3, -0.25) is 4.79 Å².